The van der Waals surface area contributed by atoms with E-state index in [0.29, 0.717) is 11.4 Å². The van der Waals surface area contributed by atoms with Crippen LogP contribution >= 0.6 is 23.2 Å². The van der Waals surface area contributed by atoms with Crippen LogP contribution in [-0.4, -0.2) is 21.1 Å². The number of fused-ring (bicyclic) bond motifs is 1. The predicted octanol–water partition coefficient (Wildman–Crippen LogP) is 3.83. The number of hydrogen-bond donors (Lipinski definition) is 2. The molecule has 0 bridgehead atoms. The average molecular weight is 321 g/mol. The minimum absolute atomic E-state index is 0.146. The number of aromatic nitrogens is 3. The molecule has 2 heterocycles. The van der Waals surface area contributed by atoms with Gasteiger partial charge in [-0.3, -0.25) is 9.89 Å². The fourth-order valence-corrected chi connectivity index (χ4v) is 2.63. The summed E-state index contributed by atoms with van der Waals surface area (Å²) in [5.74, 6) is -0.360. The summed E-state index contributed by atoms with van der Waals surface area (Å²) in [4.78, 5) is 16.3. The van der Waals surface area contributed by atoms with Gasteiger partial charge in [0.15, 0.2) is 10.8 Å². The van der Waals surface area contributed by atoms with Crippen LogP contribution in [0.4, 0.5) is 5.69 Å². The van der Waals surface area contributed by atoms with Crippen molar-refractivity contribution in [3.8, 4) is 0 Å². The fourth-order valence-electron chi connectivity index (χ4n) is 2.05. The fraction of sp³-hybridized carbons (Fsp3) is 0.0714. The van der Waals surface area contributed by atoms with Gasteiger partial charge in [-0.25, -0.2) is 4.98 Å². The molecule has 106 valence electrons. The van der Waals surface area contributed by atoms with E-state index in [-0.39, 0.29) is 16.2 Å². The summed E-state index contributed by atoms with van der Waals surface area (Å²) in [6.45, 7) is 1.79. The highest BCUT2D eigenvalue weighted by Crippen LogP contribution is 2.27. The number of pyridine rings is 1. The van der Waals surface area contributed by atoms with Crippen LogP contribution in [0.1, 0.15) is 16.1 Å². The van der Waals surface area contributed by atoms with Crippen molar-refractivity contribution >= 4 is 45.7 Å². The number of rotatable bonds is 2. The van der Waals surface area contributed by atoms with Gasteiger partial charge in [0.2, 0.25) is 0 Å². The first-order chi connectivity index (χ1) is 10.1. The topological polar surface area (TPSA) is 70.7 Å². The maximum atomic E-state index is 12.4. The molecule has 0 aliphatic carbocycles. The van der Waals surface area contributed by atoms with Crippen molar-refractivity contribution in [3.63, 3.8) is 0 Å². The molecule has 21 heavy (non-hydrogen) atoms. The summed E-state index contributed by atoms with van der Waals surface area (Å²) in [5, 5.41) is 10.7. The Labute approximate surface area is 130 Å². The minimum atomic E-state index is -0.360. The number of para-hydroxylation sites is 1. The summed E-state index contributed by atoms with van der Waals surface area (Å²) in [6, 6.07) is 9.01. The number of halogens is 2. The monoisotopic (exact) mass is 320 g/mol. The molecular formula is C14H10Cl2N4O. The molecule has 2 N–H and O–H groups in total. The summed E-state index contributed by atoms with van der Waals surface area (Å²) in [6.07, 6.45) is 0. The second kappa shape index (κ2) is 5.35. The SMILES string of the molecule is Cc1cc(Cl)nc(Cl)c1NC(=O)c1n[nH]c2ccccc12. The number of amides is 1. The van der Waals surface area contributed by atoms with Crippen molar-refractivity contribution in [3.05, 3.63) is 51.9 Å². The Morgan fingerprint density at radius 2 is 2.05 bits per heavy atom. The van der Waals surface area contributed by atoms with Crippen LogP contribution in [0.3, 0.4) is 0 Å². The van der Waals surface area contributed by atoms with Crippen molar-refractivity contribution in [1.29, 1.82) is 0 Å². The third-order valence-corrected chi connectivity index (χ3v) is 3.53. The molecule has 3 rings (SSSR count). The Morgan fingerprint density at radius 3 is 2.81 bits per heavy atom. The molecule has 0 atom stereocenters. The van der Waals surface area contributed by atoms with Crippen LogP contribution in [-0.2, 0) is 0 Å². The molecule has 0 radical (unpaired) electrons. The number of nitrogens with zero attached hydrogens (tertiary/aromatic N) is 2. The second-order valence-electron chi connectivity index (χ2n) is 4.50. The second-order valence-corrected chi connectivity index (χ2v) is 5.24. The Hall–Kier alpha value is -2.11. The van der Waals surface area contributed by atoms with E-state index in [1.54, 1.807) is 13.0 Å². The number of aromatic amines is 1. The number of anilines is 1. The molecule has 0 saturated heterocycles. The summed E-state index contributed by atoms with van der Waals surface area (Å²) < 4.78 is 0. The molecule has 1 aromatic carbocycles. The molecule has 0 unspecified atom stereocenters. The van der Waals surface area contributed by atoms with Gasteiger partial charge in [0.05, 0.1) is 11.2 Å². The quantitative estimate of drug-likeness (QED) is 0.705. The zero-order chi connectivity index (χ0) is 15.0. The first-order valence-electron chi connectivity index (χ1n) is 6.13. The number of carbonyl (C=O) groups excluding carboxylic acids is 1. The summed E-state index contributed by atoms with van der Waals surface area (Å²) in [5.41, 5.74) is 2.25. The smallest absolute Gasteiger partial charge is 0.276 e. The lowest BCUT2D eigenvalue weighted by molar-refractivity contribution is 0.102. The third-order valence-electron chi connectivity index (χ3n) is 3.07. The normalized spacial score (nSPS) is 10.8. The van der Waals surface area contributed by atoms with Gasteiger partial charge < -0.3 is 5.32 Å². The van der Waals surface area contributed by atoms with Crippen LogP contribution in [0.5, 0.6) is 0 Å². The van der Waals surface area contributed by atoms with Gasteiger partial charge in [0, 0.05) is 5.39 Å². The van der Waals surface area contributed by atoms with Crippen LogP contribution < -0.4 is 5.32 Å². The molecule has 7 heteroatoms. The number of benzene rings is 1. The third kappa shape index (κ3) is 2.57. The molecule has 3 aromatic rings. The van der Waals surface area contributed by atoms with Crippen molar-refractivity contribution in [2.45, 2.75) is 6.92 Å². The highest BCUT2D eigenvalue weighted by atomic mass is 35.5. The van der Waals surface area contributed by atoms with Gasteiger partial charge in [0.1, 0.15) is 5.15 Å². The Morgan fingerprint density at radius 1 is 1.29 bits per heavy atom. The Bertz CT molecular complexity index is 821. The van der Waals surface area contributed by atoms with Gasteiger partial charge in [-0.1, -0.05) is 41.4 Å². The van der Waals surface area contributed by atoms with Gasteiger partial charge in [-0.05, 0) is 24.6 Å². The maximum absolute atomic E-state index is 12.4. The Kier molecular flexibility index (Phi) is 3.53. The summed E-state index contributed by atoms with van der Waals surface area (Å²) >= 11 is 11.8. The van der Waals surface area contributed by atoms with Gasteiger partial charge >= 0.3 is 0 Å². The maximum Gasteiger partial charge on any atom is 0.276 e. The molecular weight excluding hydrogens is 311 g/mol. The molecule has 1 amide bonds. The molecule has 0 aliphatic heterocycles. The first kappa shape index (κ1) is 13.9. The number of H-pyrrole nitrogens is 1. The van der Waals surface area contributed by atoms with E-state index in [4.69, 9.17) is 23.2 Å². The lowest BCUT2D eigenvalue weighted by Crippen LogP contribution is -2.14. The van der Waals surface area contributed by atoms with E-state index in [2.05, 4.69) is 20.5 Å². The van der Waals surface area contributed by atoms with E-state index < -0.39 is 0 Å². The lowest BCUT2D eigenvalue weighted by Gasteiger charge is -2.09. The lowest BCUT2D eigenvalue weighted by atomic mass is 10.2. The highest BCUT2D eigenvalue weighted by Gasteiger charge is 2.17. The van der Waals surface area contributed by atoms with E-state index in [1.807, 2.05) is 24.3 Å². The van der Waals surface area contributed by atoms with Crippen LogP contribution in [0.2, 0.25) is 10.3 Å². The number of carbonyl (C=O) groups is 1. The molecule has 2 aromatic heterocycles. The van der Waals surface area contributed by atoms with E-state index in [9.17, 15) is 4.79 Å². The van der Waals surface area contributed by atoms with E-state index in [1.165, 1.54) is 0 Å². The van der Waals surface area contributed by atoms with Crippen LogP contribution in [0, 0.1) is 6.92 Å². The van der Waals surface area contributed by atoms with Crippen molar-refractivity contribution in [2.24, 2.45) is 0 Å². The van der Waals surface area contributed by atoms with Crippen LogP contribution in [0.15, 0.2) is 30.3 Å². The van der Waals surface area contributed by atoms with Crippen molar-refractivity contribution in [2.75, 3.05) is 5.32 Å². The van der Waals surface area contributed by atoms with Gasteiger partial charge in [-0.15, -0.1) is 0 Å². The average Bonchev–Trinajstić information content (AvgIpc) is 2.86. The largest absolute Gasteiger partial charge is 0.318 e. The van der Waals surface area contributed by atoms with E-state index >= 15 is 0 Å². The molecule has 0 fully saturated rings. The van der Waals surface area contributed by atoms with Crippen molar-refractivity contribution in [1.82, 2.24) is 15.2 Å². The Balaban J connectivity index is 1.97. The highest BCUT2D eigenvalue weighted by molar-refractivity contribution is 6.35. The molecule has 0 aliphatic rings. The molecule has 0 spiro atoms. The number of hydrogen-bond acceptors (Lipinski definition) is 3. The first-order valence-corrected chi connectivity index (χ1v) is 6.89. The van der Waals surface area contributed by atoms with Gasteiger partial charge in [0.25, 0.3) is 5.91 Å². The van der Waals surface area contributed by atoms with Gasteiger partial charge in [-0.2, -0.15) is 5.10 Å². The minimum Gasteiger partial charge on any atom is -0.318 e. The molecule has 0 saturated carbocycles. The number of nitrogens with one attached hydrogen (secondary N) is 2. The zero-order valence-electron chi connectivity index (χ0n) is 10.9. The number of aryl methyl sites for hydroxylation is 1. The molecule has 5 nitrogen and oxygen atoms in total. The predicted molar refractivity (Wildman–Crippen MR) is 83.0 cm³/mol. The van der Waals surface area contributed by atoms with E-state index in [0.717, 1.165) is 16.5 Å². The zero-order valence-corrected chi connectivity index (χ0v) is 12.5. The van der Waals surface area contributed by atoms with Crippen molar-refractivity contribution < 1.29 is 4.79 Å². The standard InChI is InChI=1S/C14H10Cl2N4O/c1-7-6-10(15)17-13(16)11(7)18-14(21)12-8-4-2-3-5-9(8)19-20-12/h2-6H,1H3,(H,18,21)(H,19,20). The van der Waals surface area contributed by atoms with Crippen LogP contribution in [0.25, 0.3) is 10.9 Å². The summed E-state index contributed by atoms with van der Waals surface area (Å²) in [7, 11) is 0.